The number of methoxy groups -OCH3 is 4. The number of rotatable bonds is 9. The third-order valence-corrected chi connectivity index (χ3v) is 4.12. The zero-order chi connectivity index (χ0) is 21.4. The molecule has 0 heterocycles. The number of amides is 1. The summed E-state index contributed by atoms with van der Waals surface area (Å²) in [5.41, 5.74) is 1.09. The Balaban J connectivity index is 2.03. The molecule has 0 bridgehead atoms. The van der Waals surface area contributed by atoms with Gasteiger partial charge < -0.3 is 29.0 Å². The molecule has 0 unspecified atom stereocenters. The molecule has 29 heavy (non-hydrogen) atoms. The molecule has 1 N–H and O–H groups in total. The van der Waals surface area contributed by atoms with E-state index in [2.05, 4.69) is 5.32 Å². The number of carbonyl (C=O) groups excluding carboxylic acids is 2. The Morgan fingerprint density at radius 1 is 0.897 bits per heavy atom. The van der Waals surface area contributed by atoms with E-state index in [0.29, 0.717) is 34.2 Å². The van der Waals surface area contributed by atoms with Gasteiger partial charge >= 0.3 is 5.97 Å². The van der Waals surface area contributed by atoms with Gasteiger partial charge in [0.15, 0.2) is 17.6 Å². The van der Waals surface area contributed by atoms with Crippen LogP contribution in [0.25, 0.3) is 0 Å². The lowest BCUT2D eigenvalue weighted by atomic mass is 10.1. The first-order chi connectivity index (χ1) is 13.9. The maximum Gasteiger partial charge on any atom is 0.311 e. The predicted molar refractivity (Wildman–Crippen MR) is 107 cm³/mol. The number of carbonyl (C=O) groups is 2. The average Bonchev–Trinajstić information content (AvgIpc) is 2.72. The molecule has 156 valence electrons. The third-order valence-electron chi connectivity index (χ3n) is 4.12. The van der Waals surface area contributed by atoms with E-state index in [0.717, 1.165) is 0 Å². The molecule has 0 aliphatic carbocycles. The Kier molecular flexibility index (Phi) is 7.70. The minimum absolute atomic E-state index is 0.0665. The van der Waals surface area contributed by atoms with E-state index in [9.17, 15) is 9.59 Å². The first kappa shape index (κ1) is 21.9. The Labute approximate surface area is 169 Å². The second-order valence-corrected chi connectivity index (χ2v) is 6.03. The summed E-state index contributed by atoms with van der Waals surface area (Å²) in [5.74, 6) is 0.761. The van der Waals surface area contributed by atoms with Crippen molar-refractivity contribution in [2.24, 2.45) is 0 Å². The monoisotopic (exact) mass is 403 g/mol. The van der Waals surface area contributed by atoms with Crippen molar-refractivity contribution in [3.05, 3.63) is 42.0 Å². The molecule has 0 fully saturated rings. The molecule has 8 nitrogen and oxygen atoms in total. The van der Waals surface area contributed by atoms with Crippen molar-refractivity contribution >= 4 is 17.6 Å². The lowest BCUT2D eigenvalue weighted by molar-refractivity contribution is -0.152. The summed E-state index contributed by atoms with van der Waals surface area (Å²) in [6.07, 6.45) is -1.06. The quantitative estimate of drug-likeness (QED) is 0.644. The van der Waals surface area contributed by atoms with Crippen molar-refractivity contribution in [3.63, 3.8) is 0 Å². The van der Waals surface area contributed by atoms with E-state index < -0.39 is 18.0 Å². The van der Waals surface area contributed by atoms with Gasteiger partial charge in [-0.1, -0.05) is 12.1 Å². The highest BCUT2D eigenvalue weighted by atomic mass is 16.5. The van der Waals surface area contributed by atoms with Crippen LogP contribution >= 0.6 is 0 Å². The van der Waals surface area contributed by atoms with Crippen LogP contribution in [-0.2, 0) is 20.7 Å². The molecule has 0 aliphatic rings. The van der Waals surface area contributed by atoms with E-state index in [4.69, 9.17) is 23.7 Å². The van der Waals surface area contributed by atoms with Crippen LogP contribution in [0.2, 0.25) is 0 Å². The van der Waals surface area contributed by atoms with Gasteiger partial charge in [0.25, 0.3) is 5.91 Å². The van der Waals surface area contributed by atoms with Gasteiger partial charge in [0.2, 0.25) is 5.75 Å². The van der Waals surface area contributed by atoms with Crippen LogP contribution in [0.5, 0.6) is 23.0 Å². The Bertz CT molecular complexity index is 841. The minimum Gasteiger partial charge on any atom is -0.495 e. The summed E-state index contributed by atoms with van der Waals surface area (Å²) in [6, 6.07) is 10.3. The molecule has 0 radical (unpaired) electrons. The normalized spacial score (nSPS) is 11.2. The number of benzene rings is 2. The number of hydrogen-bond acceptors (Lipinski definition) is 7. The molecule has 0 spiro atoms. The fourth-order valence-electron chi connectivity index (χ4n) is 2.68. The Morgan fingerprint density at radius 2 is 1.48 bits per heavy atom. The molecule has 1 amide bonds. The van der Waals surface area contributed by atoms with Crippen molar-refractivity contribution in [2.75, 3.05) is 33.8 Å². The van der Waals surface area contributed by atoms with E-state index in [1.807, 2.05) is 0 Å². The maximum atomic E-state index is 12.4. The summed E-state index contributed by atoms with van der Waals surface area (Å²) in [7, 11) is 5.98. The van der Waals surface area contributed by atoms with Crippen molar-refractivity contribution in [3.8, 4) is 23.0 Å². The van der Waals surface area contributed by atoms with Crippen LogP contribution < -0.4 is 24.3 Å². The van der Waals surface area contributed by atoms with Gasteiger partial charge in [0, 0.05) is 0 Å². The second-order valence-electron chi connectivity index (χ2n) is 6.03. The molecule has 8 heteroatoms. The van der Waals surface area contributed by atoms with Crippen molar-refractivity contribution in [1.29, 1.82) is 0 Å². The first-order valence-electron chi connectivity index (χ1n) is 8.85. The Morgan fingerprint density at radius 3 is 2.03 bits per heavy atom. The van der Waals surface area contributed by atoms with Crippen molar-refractivity contribution in [2.45, 2.75) is 19.4 Å². The molecule has 0 saturated heterocycles. The molecular formula is C21H25NO7. The smallest absolute Gasteiger partial charge is 0.311 e. The fraction of sp³-hybridized carbons (Fsp3) is 0.333. The van der Waals surface area contributed by atoms with Crippen LogP contribution in [0.15, 0.2) is 36.4 Å². The second kappa shape index (κ2) is 10.2. The van der Waals surface area contributed by atoms with Gasteiger partial charge in [0.05, 0.1) is 40.5 Å². The molecule has 2 rings (SSSR count). The van der Waals surface area contributed by atoms with E-state index in [1.54, 1.807) is 36.4 Å². The predicted octanol–water partition coefficient (Wildman–Crippen LogP) is 2.83. The van der Waals surface area contributed by atoms with Gasteiger partial charge in [-0.2, -0.15) is 0 Å². The lowest BCUT2D eigenvalue weighted by Gasteiger charge is -2.16. The van der Waals surface area contributed by atoms with Gasteiger partial charge in [-0.25, -0.2) is 0 Å². The fourth-order valence-corrected chi connectivity index (χ4v) is 2.68. The summed E-state index contributed by atoms with van der Waals surface area (Å²) in [4.78, 5) is 24.7. The molecule has 0 aromatic heterocycles. The number of hydrogen-bond donors (Lipinski definition) is 1. The number of ether oxygens (including phenoxy) is 5. The number of anilines is 1. The highest BCUT2D eigenvalue weighted by Gasteiger charge is 2.21. The van der Waals surface area contributed by atoms with Crippen molar-refractivity contribution < 1.29 is 33.3 Å². The maximum absolute atomic E-state index is 12.4. The van der Waals surface area contributed by atoms with Gasteiger partial charge in [-0.3, -0.25) is 9.59 Å². The zero-order valence-corrected chi connectivity index (χ0v) is 17.1. The van der Waals surface area contributed by atoms with E-state index in [1.165, 1.54) is 35.4 Å². The minimum atomic E-state index is -0.991. The van der Waals surface area contributed by atoms with E-state index in [-0.39, 0.29) is 6.42 Å². The number of esters is 1. The lowest BCUT2D eigenvalue weighted by Crippen LogP contribution is -2.30. The molecule has 1 atom stereocenters. The third kappa shape index (κ3) is 5.54. The van der Waals surface area contributed by atoms with Crippen molar-refractivity contribution in [1.82, 2.24) is 0 Å². The highest BCUT2D eigenvalue weighted by molar-refractivity contribution is 5.96. The molecule has 2 aromatic rings. The summed E-state index contributed by atoms with van der Waals surface area (Å²) >= 11 is 0. The highest BCUT2D eigenvalue weighted by Crippen LogP contribution is 2.38. The molecule has 0 saturated carbocycles. The average molecular weight is 403 g/mol. The van der Waals surface area contributed by atoms with Gasteiger partial charge in [-0.05, 0) is 36.8 Å². The van der Waals surface area contributed by atoms with Gasteiger partial charge in [-0.15, -0.1) is 0 Å². The van der Waals surface area contributed by atoms with Crippen LogP contribution in [-0.4, -0.2) is 46.4 Å². The SMILES string of the molecule is COc1ccccc1NC(=O)[C@@H](C)OC(=O)Cc1cc(OC)c(OC)c(OC)c1. The molecule has 0 aliphatic heterocycles. The van der Waals surface area contributed by atoms with Crippen LogP contribution in [0.3, 0.4) is 0 Å². The largest absolute Gasteiger partial charge is 0.495 e. The topological polar surface area (TPSA) is 92.3 Å². The van der Waals surface area contributed by atoms with Crippen LogP contribution in [0.4, 0.5) is 5.69 Å². The summed E-state index contributed by atoms with van der Waals surface area (Å²) in [6.45, 7) is 1.50. The first-order valence-corrected chi connectivity index (χ1v) is 8.85. The summed E-state index contributed by atoms with van der Waals surface area (Å²) < 4.78 is 26.3. The Hall–Kier alpha value is -3.42. The van der Waals surface area contributed by atoms with Gasteiger partial charge in [0.1, 0.15) is 5.75 Å². The van der Waals surface area contributed by atoms with E-state index >= 15 is 0 Å². The summed E-state index contributed by atoms with van der Waals surface area (Å²) in [5, 5.41) is 2.68. The zero-order valence-electron chi connectivity index (χ0n) is 17.1. The van der Waals surface area contributed by atoms with Crippen LogP contribution in [0.1, 0.15) is 12.5 Å². The molecular weight excluding hydrogens is 378 g/mol. The standard InChI is InChI=1S/C21H25NO7/c1-13(21(24)22-15-8-6-7-9-16(15)25-2)29-19(23)12-14-10-17(26-3)20(28-5)18(11-14)27-4/h6-11,13H,12H2,1-5H3,(H,22,24)/t13-/m1/s1. The van der Waals surface area contributed by atoms with Crippen LogP contribution in [0, 0.1) is 0 Å². The molecule has 2 aromatic carbocycles. The number of nitrogens with one attached hydrogen (secondary N) is 1. The number of para-hydroxylation sites is 2.